The lowest BCUT2D eigenvalue weighted by atomic mass is 10.2. The minimum atomic E-state index is -0.697. The van der Waals surface area contributed by atoms with Crippen LogP contribution in [0.15, 0.2) is 18.2 Å². The lowest BCUT2D eigenvalue weighted by Crippen LogP contribution is -2.33. The quantitative estimate of drug-likeness (QED) is 0.810. The summed E-state index contributed by atoms with van der Waals surface area (Å²) in [7, 11) is 0. The fraction of sp³-hybridized carbons (Fsp3) is 0.333. The number of nitrogens with zero attached hydrogens (tertiary/aromatic N) is 2. The van der Waals surface area contributed by atoms with Crippen LogP contribution in [-0.2, 0) is 0 Å². The largest absolute Gasteiger partial charge is 0.415 e. The van der Waals surface area contributed by atoms with Crippen molar-refractivity contribution in [2.45, 2.75) is 13.8 Å². The van der Waals surface area contributed by atoms with Gasteiger partial charge in [-0.3, -0.25) is 0 Å². The maximum Gasteiger partial charge on any atom is 0.415 e. The maximum atomic E-state index is 13.2. The second-order valence-corrected chi connectivity index (χ2v) is 3.27. The molecule has 17 heavy (non-hydrogen) atoms. The molecule has 0 radical (unpaired) electrons. The molecule has 1 aromatic rings. The number of hydrogen-bond acceptors (Lipinski definition) is 3. The molecule has 0 bridgehead atoms. The van der Waals surface area contributed by atoms with Crippen LogP contribution in [0.1, 0.15) is 19.4 Å². The smallest absolute Gasteiger partial charge is 0.409 e. The topological polar surface area (TPSA) is 53.3 Å². The van der Waals surface area contributed by atoms with E-state index in [1.54, 1.807) is 6.07 Å². The van der Waals surface area contributed by atoms with Gasteiger partial charge in [0, 0.05) is 13.1 Å². The summed E-state index contributed by atoms with van der Waals surface area (Å²) in [5.41, 5.74) is -0.256. The molecule has 0 saturated heterocycles. The predicted molar refractivity (Wildman–Crippen MR) is 60.1 cm³/mol. The summed E-state index contributed by atoms with van der Waals surface area (Å²) in [5.74, 6) is -0.748. The van der Waals surface area contributed by atoms with E-state index in [1.807, 2.05) is 13.8 Å². The zero-order valence-electron chi connectivity index (χ0n) is 9.74. The van der Waals surface area contributed by atoms with Crippen molar-refractivity contribution in [2.24, 2.45) is 0 Å². The molecule has 0 aromatic heterocycles. The van der Waals surface area contributed by atoms with E-state index in [0.29, 0.717) is 13.1 Å². The van der Waals surface area contributed by atoms with Gasteiger partial charge >= 0.3 is 6.09 Å². The standard InChI is InChI=1S/C12H13FN2O2/c1-3-15(4-2)12(16)17-11-7-5-6-10(13)9(11)8-14/h5-7H,3-4H2,1-2H3. The van der Waals surface area contributed by atoms with E-state index in [-0.39, 0.29) is 11.3 Å². The maximum absolute atomic E-state index is 13.2. The fourth-order valence-corrected chi connectivity index (χ4v) is 1.34. The first-order chi connectivity index (χ1) is 8.13. The van der Waals surface area contributed by atoms with Gasteiger partial charge in [-0.25, -0.2) is 9.18 Å². The van der Waals surface area contributed by atoms with Crippen LogP contribution in [0.5, 0.6) is 5.75 Å². The SMILES string of the molecule is CCN(CC)C(=O)Oc1cccc(F)c1C#N. The number of carbonyl (C=O) groups is 1. The lowest BCUT2D eigenvalue weighted by molar-refractivity contribution is 0.157. The van der Waals surface area contributed by atoms with E-state index < -0.39 is 11.9 Å². The highest BCUT2D eigenvalue weighted by Gasteiger charge is 2.16. The van der Waals surface area contributed by atoms with Crippen LogP contribution < -0.4 is 4.74 Å². The Kier molecular flexibility index (Phi) is 4.46. The first-order valence-corrected chi connectivity index (χ1v) is 5.29. The van der Waals surface area contributed by atoms with Gasteiger partial charge in [0.15, 0.2) is 5.75 Å². The first kappa shape index (κ1) is 13.0. The van der Waals surface area contributed by atoms with Crippen molar-refractivity contribution in [2.75, 3.05) is 13.1 Å². The van der Waals surface area contributed by atoms with Crippen LogP contribution >= 0.6 is 0 Å². The highest BCUT2D eigenvalue weighted by molar-refractivity contribution is 5.71. The van der Waals surface area contributed by atoms with Crippen molar-refractivity contribution in [3.05, 3.63) is 29.6 Å². The molecule has 0 spiro atoms. The third-order valence-electron chi connectivity index (χ3n) is 2.31. The van der Waals surface area contributed by atoms with Crippen molar-refractivity contribution in [1.29, 1.82) is 5.26 Å². The van der Waals surface area contributed by atoms with Crippen molar-refractivity contribution < 1.29 is 13.9 Å². The Morgan fingerprint density at radius 2 is 2.12 bits per heavy atom. The summed E-state index contributed by atoms with van der Waals surface area (Å²) in [4.78, 5) is 13.1. The van der Waals surface area contributed by atoms with E-state index >= 15 is 0 Å². The molecule has 1 rings (SSSR count). The minimum Gasteiger partial charge on any atom is -0.409 e. The molecule has 0 N–H and O–H groups in total. The summed E-state index contributed by atoms with van der Waals surface area (Å²) in [5, 5.41) is 8.77. The molecule has 1 amide bonds. The Morgan fingerprint density at radius 3 is 2.65 bits per heavy atom. The first-order valence-electron chi connectivity index (χ1n) is 5.29. The van der Waals surface area contributed by atoms with E-state index in [0.717, 1.165) is 6.07 Å². The average molecular weight is 236 g/mol. The Hall–Kier alpha value is -2.09. The number of benzene rings is 1. The molecule has 0 heterocycles. The molecule has 0 aliphatic heterocycles. The summed E-state index contributed by atoms with van der Waals surface area (Å²) in [6.07, 6.45) is -0.586. The molecule has 0 saturated carbocycles. The molecule has 0 atom stereocenters. The molecule has 0 fully saturated rings. The minimum absolute atomic E-state index is 0.0515. The highest BCUT2D eigenvalue weighted by Crippen LogP contribution is 2.20. The Labute approximate surface area is 99.2 Å². The number of rotatable bonds is 3. The van der Waals surface area contributed by atoms with Gasteiger partial charge in [-0.1, -0.05) is 6.07 Å². The molecule has 1 aromatic carbocycles. The number of nitriles is 1. The van der Waals surface area contributed by atoms with Crippen molar-refractivity contribution >= 4 is 6.09 Å². The molecular formula is C12H13FN2O2. The van der Waals surface area contributed by atoms with Crippen LogP contribution in [0, 0.1) is 17.1 Å². The van der Waals surface area contributed by atoms with Crippen LogP contribution in [-0.4, -0.2) is 24.1 Å². The van der Waals surface area contributed by atoms with Crippen LogP contribution in [0.4, 0.5) is 9.18 Å². The molecule has 90 valence electrons. The fourth-order valence-electron chi connectivity index (χ4n) is 1.34. The normalized spacial score (nSPS) is 9.53. The molecule has 0 aliphatic rings. The van der Waals surface area contributed by atoms with Gasteiger partial charge in [-0.15, -0.1) is 0 Å². The van der Waals surface area contributed by atoms with Gasteiger partial charge in [0.1, 0.15) is 17.4 Å². The second-order valence-electron chi connectivity index (χ2n) is 3.27. The number of halogens is 1. The Morgan fingerprint density at radius 1 is 1.47 bits per heavy atom. The van der Waals surface area contributed by atoms with Gasteiger partial charge < -0.3 is 9.64 Å². The third-order valence-corrected chi connectivity index (χ3v) is 2.31. The summed E-state index contributed by atoms with van der Waals surface area (Å²) in [6.45, 7) is 4.60. The molecule has 4 nitrogen and oxygen atoms in total. The summed E-state index contributed by atoms with van der Waals surface area (Å²) >= 11 is 0. The third kappa shape index (κ3) is 2.94. The van der Waals surface area contributed by atoms with E-state index in [2.05, 4.69) is 0 Å². The van der Waals surface area contributed by atoms with Gasteiger partial charge in [0.05, 0.1) is 0 Å². The van der Waals surface area contributed by atoms with Crippen LogP contribution in [0.25, 0.3) is 0 Å². The van der Waals surface area contributed by atoms with Crippen molar-refractivity contribution in [3.8, 4) is 11.8 Å². The van der Waals surface area contributed by atoms with Gasteiger partial charge in [0.2, 0.25) is 0 Å². The zero-order valence-corrected chi connectivity index (χ0v) is 9.74. The van der Waals surface area contributed by atoms with Crippen molar-refractivity contribution in [1.82, 2.24) is 4.90 Å². The number of amides is 1. The molecule has 0 aliphatic carbocycles. The van der Waals surface area contributed by atoms with Gasteiger partial charge in [0.25, 0.3) is 0 Å². The lowest BCUT2D eigenvalue weighted by Gasteiger charge is -2.18. The summed E-state index contributed by atoms with van der Waals surface area (Å²) < 4.78 is 18.2. The predicted octanol–water partition coefficient (Wildman–Crippen LogP) is 2.54. The number of hydrogen-bond donors (Lipinski definition) is 0. The summed E-state index contributed by atoms with van der Waals surface area (Å²) in [6, 6.07) is 5.60. The molecule has 5 heteroatoms. The Bertz CT molecular complexity index is 450. The van der Waals surface area contributed by atoms with Crippen LogP contribution in [0.3, 0.4) is 0 Å². The number of ether oxygens (including phenoxy) is 1. The van der Waals surface area contributed by atoms with Crippen LogP contribution in [0.2, 0.25) is 0 Å². The van der Waals surface area contributed by atoms with E-state index in [9.17, 15) is 9.18 Å². The number of carbonyl (C=O) groups excluding carboxylic acids is 1. The Balaban J connectivity index is 2.93. The van der Waals surface area contributed by atoms with Gasteiger partial charge in [-0.05, 0) is 26.0 Å². The van der Waals surface area contributed by atoms with Crippen molar-refractivity contribution in [3.63, 3.8) is 0 Å². The van der Waals surface area contributed by atoms with Gasteiger partial charge in [-0.2, -0.15) is 5.26 Å². The van der Waals surface area contributed by atoms with E-state index in [1.165, 1.54) is 17.0 Å². The second kappa shape index (κ2) is 5.85. The highest BCUT2D eigenvalue weighted by atomic mass is 19.1. The molecule has 0 unspecified atom stereocenters. The average Bonchev–Trinajstić information content (AvgIpc) is 2.31. The monoisotopic (exact) mass is 236 g/mol. The zero-order chi connectivity index (χ0) is 12.8. The van der Waals surface area contributed by atoms with E-state index in [4.69, 9.17) is 10.00 Å². The molecular weight excluding hydrogens is 223 g/mol.